The van der Waals surface area contributed by atoms with Gasteiger partial charge in [-0.2, -0.15) is 9.36 Å². The van der Waals surface area contributed by atoms with Crippen molar-refractivity contribution in [3.63, 3.8) is 0 Å². The summed E-state index contributed by atoms with van der Waals surface area (Å²) in [4.78, 5) is 4.43. The molecule has 2 N–H and O–H groups in total. The molecule has 18 heavy (non-hydrogen) atoms. The number of ether oxygens (including phenoxy) is 1. The predicted octanol–water partition coefficient (Wildman–Crippen LogP) is 2.88. The van der Waals surface area contributed by atoms with Gasteiger partial charge in [-0.15, -0.1) is 0 Å². The maximum atomic E-state index is 6.33. The lowest BCUT2D eigenvalue weighted by Crippen LogP contribution is -2.47. The Labute approximate surface area is 113 Å². The molecule has 0 unspecified atom stereocenters. The average Bonchev–Trinajstić information content (AvgIpc) is 2.76. The van der Waals surface area contributed by atoms with Gasteiger partial charge in [-0.3, -0.25) is 0 Å². The van der Waals surface area contributed by atoms with E-state index in [0.717, 1.165) is 18.7 Å². The molecule has 1 heterocycles. The normalized spacial score (nSPS) is 19.8. The van der Waals surface area contributed by atoms with Gasteiger partial charge in [-0.05, 0) is 12.8 Å². The lowest BCUT2D eigenvalue weighted by Gasteiger charge is -2.32. The van der Waals surface area contributed by atoms with Crippen LogP contribution in [-0.4, -0.2) is 21.5 Å². The van der Waals surface area contributed by atoms with Gasteiger partial charge in [0.15, 0.2) is 5.82 Å². The Hall–Kier alpha value is -0.680. The predicted molar refractivity (Wildman–Crippen MR) is 74.1 cm³/mol. The topological polar surface area (TPSA) is 61.0 Å². The van der Waals surface area contributed by atoms with Crippen LogP contribution in [0.3, 0.4) is 0 Å². The smallest absolute Gasteiger partial charge is 0.293 e. The molecule has 1 aromatic rings. The Morgan fingerprint density at radius 3 is 2.50 bits per heavy atom. The second-order valence-electron chi connectivity index (χ2n) is 6.35. The van der Waals surface area contributed by atoms with Gasteiger partial charge in [-0.1, -0.05) is 40.0 Å². The molecule has 2 rings (SSSR count). The third-order valence-corrected chi connectivity index (χ3v) is 4.04. The lowest BCUT2D eigenvalue weighted by molar-refractivity contribution is 0.173. The van der Waals surface area contributed by atoms with E-state index < -0.39 is 0 Å². The van der Waals surface area contributed by atoms with Crippen LogP contribution in [0.15, 0.2) is 0 Å². The van der Waals surface area contributed by atoms with Gasteiger partial charge in [0, 0.05) is 16.9 Å². The molecule has 0 amide bonds. The fraction of sp³-hybridized carbons (Fsp3) is 0.846. The first-order chi connectivity index (χ1) is 8.39. The fourth-order valence-electron chi connectivity index (χ4n) is 2.18. The van der Waals surface area contributed by atoms with E-state index in [4.69, 9.17) is 10.5 Å². The zero-order chi connectivity index (χ0) is 13.2. The molecule has 1 aliphatic carbocycles. The first-order valence-electron chi connectivity index (χ1n) is 6.65. The molecule has 1 aromatic heterocycles. The monoisotopic (exact) mass is 269 g/mol. The van der Waals surface area contributed by atoms with Crippen molar-refractivity contribution in [2.24, 2.45) is 5.73 Å². The molecule has 1 aliphatic rings. The molecule has 0 atom stereocenters. The molecule has 102 valence electrons. The van der Waals surface area contributed by atoms with Gasteiger partial charge in [0.2, 0.25) is 0 Å². The van der Waals surface area contributed by atoms with E-state index in [-0.39, 0.29) is 11.0 Å². The highest BCUT2D eigenvalue weighted by atomic mass is 32.1. The Morgan fingerprint density at radius 1 is 1.28 bits per heavy atom. The number of nitrogens with zero attached hydrogens (tertiary/aromatic N) is 2. The number of aromatic nitrogens is 2. The van der Waals surface area contributed by atoms with Gasteiger partial charge in [-0.25, -0.2) is 0 Å². The molecular formula is C13H23N3OS. The first-order valence-corrected chi connectivity index (χ1v) is 7.42. The van der Waals surface area contributed by atoms with Gasteiger partial charge < -0.3 is 10.5 Å². The highest BCUT2D eigenvalue weighted by Crippen LogP contribution is 2.28. The second-order valence-corrected chi connectivity index (χ2v) is 7.06. The van der Waals surface area contributed by atoms with Gasteiger partial charge >= 0.3 is 0 Å². The van der Waals surface area contributed by atoms with E-state index in [2.05, 4.69) is 30.1 Å². The van der Waals surface area contributed by atoms with Crippen LogP contribution in [0.1, 0.15) is 58.7 Å². The van der Waals surface area contributed by atoms with Crippen LogP contribution in [-0.2, 0) is 5.41 Å². The largest absolute Gasteiger partial charge is 0.467 e. The summed E-state index contributed by atoms with van der Waals surface area (Å²) in [5.41, 5.74) is 6.15. The van der Waals surface area contributed by atoms with Crippen molar-refractivity contribution in [1.29, 1.82) is 0 Å². The van der Waals surface area contributed by atoms with Crippen LogP contribution in [0.2, 0.25) is 0 Å². The third-order valence-electron chi connectivity index (χ3n) is 3.41. The highest BCUT2D eigenvalue weighted by molar-refractivity contribution is 7.07. The third kappa shape index (κ3) is 3.42. The van der Waals surface area contributed by atoms with Crippen LogP contribution in [0.5, 0.6) is 5.19 Å². The van der Waals surface area contributed by atoms with Crippen molar-refractivity contribution in [2.75, 3.05) is 6.61 Å². The standard InChI is InChI=1S/C13H23N3OS/c1-12(2,3)10-15-11(18-16-10)17-9-13(14)7-5-4-6-8-13/h4-9,14H2,1-3H3. The molecule has 0 aliphatic heterocycles. The van der Waals surface area contributed by atoms with E-state index in [1.54, 1.807) is 0 Å². The van der Waals surface area contributed by atoms with Gasteiger partial charge in [0.05, 0.1) is 5.54 Å². The zero-order valence-corrected chi connectivity index (χ0v) is 12.3. The maximum Gasteiger partial charge on any atom is 0.293 e. The summed E-state index contributed by atoms with van der Waals surface area (Å²) in [6, 6.07) is 0. The first kappa shape index (κ1) is 13.7. The molecule has 1 fully saturated rings. The van der Waals surface area contributed by atoms with Crippen molar-refractivity contribution in [2.45, 2.75) is 63.8 Å². The zero-order valence-electron chi connectivity index (χ0n) is 11.5. The molecular weight excluding hydrogens is 246 g/mol. The van der Waals surface area contributed by atoms with E-state index in [0.29, 0.717) is 11.8 Å². The molecule has 4 nitrogen and oxygen atoms in total. The number of hydrogen-bond donors (Lipinski definition) is 1. The minimum Gasteiger partial charge on any atom is -0.467 e. The summed E-state index contributed by atoms with van der Waals surface area (Å²) >= 11 is 1.32. The van der Waals surface area contributed by atoms with Crippen molar-refractivity contribution in [3.8, 4) is 5.19 Å². The quantitative estimate of drug-likeness (QED) is 0.916. The lowest BCUT2D eigenvalue weighted by atomic mass is 9.83. The van der Waals surface area contributed by atoms with Crippen molar-refractivity contribution < 1.29 is 4.74 Å². The van der Waals surface area contributed by atoms with Crippen LogP contribution in [0, 0.1) is 0 Å². The highest BCUT2D eigenvalue weighted by Gasteiger charge is 2.29. The molecule has 0 spiro atoms. The van der Waals surface area contributed by atoms with Crippen molar-refractivity contribution >= 4 is 11.5 Å². The summed E-state index contributed by atoms with van der Waals surface area (Å²) in [5.74, 6) is 0.845. The van der Waals surface area contributed by atoms with Crippen LogP contribution >= 0.6 is 11.5 Å². The number of rotatable bonds is 3. The molecule has 0 aromatic carbocycles. The van der Waals surface area contributed by atoms with Gasteiger partial charge in [0.1, 0.15) is 6.61 Å². The van der Waals surface area contributed by atoms with Crippen LogP contribution in [0.25, 0.3) is 0 Å². The summed E-state index contributed by atoms with van der Waals surface area (Å²) < 4.78 is 10.1. The van der Waals surface area contributed by atoms with Gasteiger partial charge in [0.25, 0.3) is 5.19 Å². The Balaban J connectivity index is 1.92. The number of hydrogen-bond acceptors (Lipinski definition) is 5. The van der Waals surface area contributed by atoms with E-state index >= 15 is 0 Å². The SMILES string of the molecule is CC(C)(C)c1nsc(OCC2(N)CCCCC2)n1. The average molecular weight is 269 g/mol. The van der Waals surface area contributed by atoms with Crippen molar-refractivity contribution in [1.82, 2.24) is 9.36 Å². The van der Waals surface area contributed by atoms with Crippen LogP contribution < -0.4 is 10.5 Å². The minimum atomic E-state index is -0.161. The Bertz CT molecular complexity index is 391. The Morgan fingerprint density at radius 2 is 1.94 bits per heavy atom. The van der Waals surface area contributed by atoms with Crippen LogP contribution in [0.4, 0.5) is 0 Å². The summed E-state index contributed by atoms with van der Waals surface area (Å²) in [5, 5.41) is 0.648. The summed E-state index contributed by atoms with van der Waals surface area (Å²) in [7, 11) is 0. The maximum absolute atomic E-state index is 6.33. The molecule has 5 heteroatoms. The second kappa shape index (κ2) is 5.13. The molecule has 0 saturated heterocycles. The van der Waals surface area contributed by atoms with Crippen molar-refractivity contribution in [3.05, 3.63) is 5.82 Å². The minimum absolute atomic E-state index is 0.0245. The molecule has 0 radical (unpaired) electrons. The molecule has 1 saturated carbocycles. The Kier molecular flexibility index (Phi) is 3.92. The molecule has 0 bridgehead atoms. The van der Waals surface area contributed by atoms with E-state index in [9.17, 15) is 0 Å². The number of nitrogens with two attached hydrogens (primary N) is 1. The van der Waals surface area contributed by atoms with E-state index in [1.807, 2.05) is 0 Å². The van der Waals surface area contributed by atoms with E-state index in [1.165, 1.54) is 30.8 Å². The summed E-state index contributed by atoms with van der Waals surface area (Å²) in [6.45, 7) is 6.87. The fourth-order valence-corrected chi connectivity index (χ4v) is 2.90. The summed E-state index contributed by atoms with van der Waals surface area (Å²) in [6.07, 6.45) is 5.83.